The maximum atomic E-state index is 5.69. The van der Waals surface area contributed by atoms with Crippen molar-refractivity contribution < 1.29 is 14.2 Å². The van der Waals surface area contributed by atoms with Crippen LogP contribution in [0.5, 0.6) is 11.5 Å². The summed E-state index contributed by atoms with van der Waals surface area (Å²) in [6.07, 6.45) is 0.939. The van der Waals surface area contributed by atoms with Crippen LogP contribution in [0.25, 0.3) is 0 Å². The van der Waals surface area contributed by atoms with E-state index in [1.807, 2.05) is 6.07 Å². The summed E-state index contributed by atoms with van der Waals surface area (Å²) in [6, 6.07) is 6.40. The van der Waals surface area contributed by atoms with Gasteiger partial charge in [-0.15, -0.1) is 0 Å². The minimum Gasteiger partial charge on any atom is -0.490 e. The van der Waals surface area contributed by atoms with Crippen LogP contribution < -0.4 is 14.8 Å². The zero-order valence-corrected chi connectivity index (χ0v) is 9.78. The highest BCUT2D eigenvalue weighted by Gasteiger charge is 2.18. The molecule has 1 unspecified atom stereocenters. The predicted octanol–water partition coefficient (Wildman–Crippen LogP) is 1.51. The van der Waals surface area contributed by atoms with Crippen molar-refractivity contribution in [2.75, 3.05) is 33.0 Å². The first-order valence-corrected chi connectivity index (χ1v) is 6.14. The third-order valence-electron chi connectivity index (χ3n) is 3.10. The molecule has 0 radical (unpaired) electrons. The van der Waals surface area contributed by atoms with Crippen LogP contribution in [0, 0.1) is 0 Å². The van der Waals surface area contributed by atoms with Gasteiger partial charge >= 0.3 is 0 Å². The molecule has 0 aliphatic carbocycles. The van der Waals surface area contributed by atoms with Gasteiger partial charge in [0.15, 0.2) is 11.5 Å². The fraction of sp³-hybridized carbons (Fsp3) is 0.538. The Morgan fingerprint density at radius 2 is 1.94 bits per heavy atom. The van der Waals surface area contributed by atoms with Crippen molar-refractivity contribution in [3.05, 3.63) is 23.8 Å². The van der Waals surface area contributed by atoms with Gasteiger partial charge in [-0.05, 0) is 17.7 Å². The Kier molecular flexibility index (Phi) is 3.16. The number of rotatable bonds is 1. The minimum absolute atomic E-state index is 0.265. The highest BCUT2D eigenvalue weighted by atomic mass is 16.5. The highest BCUT2D eigenvalue weighted by molar-refractivity contribution is 5.44. The monoisotopic (exact) mass is 235 g/mol. The summed E-state index contributed by atoms with van der Waals surface area (Å²) in [5.41, 5.74) is 1.20. The van der Waals surface area contributed by atoms with E-state index in [9.17, 15) is 0 Å². The average molecular weight is 235 g/mol. The van der Waals surface area contributed by atoms with Crippen LogP contribution in [0.4, 0.5) is 0 Å². The molecule has 0 aromatic heterocycles. The average Bonchev–Trinajstić information content (AvgIpc) is 2.64. The summed E-state index contributed by atoms with van der Waals surface area (Å²) >= 11 is 0. The summed E-state index contributed by atoms with van der Waals surface area (Å²) in [5.74, 6) is 1.70. The molecule has 3 rings (SSSR count). The number of ether oxygens (including phenoxy) is 3. The number of fused-ring (bicyclic) bond motifs is 1. The summed E-state index contributed by atoms with van der Waals surface area (Å²) in [5, 5.41) is 3.44. The quantitative estimate of drug-likeness (QED) is 0.801. The van der Waals surface area contributed by atoms with Gasteiger partial charge in [0.05, 0.1) is 32.5 Å². The van der Waals surface area contributed by atoms with Crippen LogP contribution >= 0.6 is 0 Å². The fourth-order valence-corrected chi connectivity index (χ4v) is 2.18. The third kappa shape index (κ3) is 2.37. The van der Waals surface area contributed by atoms with Crippen molar-refractivity contribution in [1.29, 1.82) is 0 Å². The van der Waals surface area contributed by atoms with Crippen LogP contribution in [-0.2, 0) is 4.74 Å². The second kappa shape index (κ2) is 4.94. The topological polar surface area (TPSA) is 39.7 Å². The van der Waals surface area contributed by atoms with Crippen molar-refractivity contribution >= 4 is 0 Å². The van der Waals surface area contributed by atoms with Crippen LogP contribution in [0.1, 0.15) is 18.0 Å². The molecule has 1 aromatic rings. The first-order chi connectivity index (χ1) is 8.43. The van der Waals surface area contributed by atoms with Gasteiger partial charge in [-0.3, -0.25) is 0 Å². The van der Waals surface area contributed by atoms with Gasteiger partial charge in [0, 0.05) is 13.0 Å². The number of benzene rings is 1. The Morgan fingerprint density at radius 1 is 1.06 bits per heavy atom. The Balaban J connectivity index is 1.83. The predicted molar refractivity (Wildman–Crippen MR) is 63.6 cm³/mol. The molecule has 0 amide bonds. The van der Waals surface area contributed by atoms with Crippen molar-refractivity contribution in [2.24, 2.45) is 0 Å². The van der Waals surface area contributed by atoms with Crippen molar-refractivity contribution in [1.82, 2.24) is 5.32 Å². The molecule has 0 bridgehead atoms. The van der Waals surface area contributed by atoms with Gasteiger partial charge in [0.1, 0.15) is 0 Å². The zero-order chi connectivity index (χ0) is 11.5. The molecule has 4 nitrogen and oxygen atoms in total. The summed E-state index contributed by atoms with van der Waals surface area (Å²) in [4.78, 5) is 0. The molecule has 1 aromatic carbocycles. The molecule has 2 heterocycles. The Morgan fingerprint density at radius 3 is 2.76 bits per heavy atom. The molecule has 1 atom stereocenters. The first-order valence-electron chi connectivity index (χ1n) is 6.14. The van der Waals surface area contributed by atoms with Gasteiger partial charge in [0.25, 0.3) is 0 Å². The van der Waals surface area contributed by atoms with E-state index in [0.717, 1.165) is 50.9 Å². The lowest BCUT2D eigenvalue weighted by Gasteiger charge is -2.24. The molecule has 1 N–H and O–H groups in total. The molecule has 1 saturated heterocycles. The molecular formula is C13H17NO3. The summed E-state index contributed by atoms with van der Waals surface area (Å²) < 4.78 is 16.8. The summed E-state index contributed by atoms with van der Waals surface area (Å²) in [6.45, 7) is 3.88. The van der Waals surface area contributed by atoms with Gasteiger partial charge < -0.3 is 19.5 Å². The number of nitrogens with one attached hydrogen (secondary N) is 1. The van der Waals surface area contributed by atoms with Crippen LogP contribution in [0.2, 0.25) is 0 Å². The molecule has 92 valence electrons. The Labute approximate surface area is 101 Å². The Hall–Kier alpha value is -1.26. The maximum absolute atomic E-state index is 5.69. The van der Waals surface area contributed by atoms with E-state index in [0.29, 0.717) is 0 Å². The normalized spacial score (nSPS) is 24.1. The smallest absolute Gasteiger partial charge is 0.161 e. The third-order valence-corrected chi connectivity index (χ3v) is 3.10. The van der Waals surface area contributed by atoms with E-state index >= 15 is 0 Å². The molecule has 2 aliphatic heterocycles. The van der Waals surface area contributed by atoms with Crippen LogP contribution in [-0.4, -0.2) is 33.0 Å². The lowest BCUT2D eigenvalue weighted by Crippen LogP contribution is -2.34. The first kappa shape index (κ1) is 10.9. The van der Waals surface area contributed by atoms with Gasteiger partial charge in [-0.25, -0.2) is 0 Å². The summed E-state index contributed by atoms with van der Waals surface area (Å²) in [7, 11) is 0. The van der Waals surface area contributed by atoms with E-state index in [1.54, 1.807) is 0 Å². The van der Waals surface area contributed by atoms with Crippen molar-refractivity contribution in [3.63, 3.8) is 0 Å². The second-order valence-electron chi connectivity index (χ2n) is 4.34. The van der Waals surface area contributed by atoms with E-state index in [4.69, 9.17) is 14.2 Å². The van der Waals surface area contributed by atoms with E-state index in [2.05, 4.69) is 17.4 Å². The van der Waals surface area contributed by atoms with E-state index in [-0.39, 0.29) is 6.04 Å². The zero-order valence-electron chi connectivity index (χ0n) is 9.78. The van der Waals surface area contributed by atoms with Gasteiger partial charge in [-0.2, -0.15) is 0 Å². The number of hydrogen-bond donors (Lipinski definition) is 1. The minimum atomic E-state index is 0.265. The van der Waals surface area contributed by atoms with Gasteiger partial charge in [0.2, 0.25) is 0 Å². The van der Waals surface area contributed by atoms with Crippen LogP contribution in [0.15, 0.2) is 18.2 Å². The van der Waals surface area contributed by atoms with Crippen molar-refractivity contribution in [2.45, 2.75) is 12.5 Å². The molecule has 2 aliphatic rings. The van der Waals surface area contributed by atoms with Crippen LogP contribution in [0.3, 0.4) is 0 Å². The molecular weight excluding hydrogens is 218 g/mol. The standard InChI is InChI=1S/C13H17NO3/c1-5-16-12-3-2-10(8-13(12)17-6-1)11-9-15-7-4-14-11/h2-3,8,11,14H,1,4-7,9H2. The number of morpholine rings is 1. The lowest BCUT2D eigenvalue weighted by atomic mass is 10.1. The van der Waals surface area contributed by atoms with E-state index in [1.165, 1.54) is 5.56 Å². The van der Waals surface area contributed by atoms with Gasteiger partial charge in [-0.1, -0.05) is 6.07 Å². The SMILES string of the molecule is c1cc2c(cc1C1COCCN1)OCCCO2. The highest BCUT2D eigenvalue weighted by Crippen LogP contribution is 2.32. The van der Waals surface area contributed by atoms with E-state index < -0.39 is 0 Å². The second-order valence-corrected chi connectivity index (χ2v) is 4.34. The van der Waals surface area contributed by atoms with Crippen molar-refractivity contribution in [3.8, 4) is 11.5 Å². The largest absolute Gasteiger partial charge is 0.490 e. The Bertz CT molecular complexity index is 388. The molecule has 0 spiro atoms. The molecule has 4 heteroatoms. The lowest BCUT2D eigenvalue weighted by molar-refractivity contribution is 0.0768. The molecule has 0 saturated carbocycles. The molecule has 17 heavy (non-hydrogen) atoms. The maximum Gasteiger partial charge on any atom is 0.161 e. The number of hydrogen-bond acceptors (Lipinski definition) is 4. The molecule has 1 fully saturated rings. The fourth-order valence-electron chi connectivity index (χ4n) is 2.18.